The Bertz CT molecular complexity index is 624. The molecule has 0 N–H and O–H groups in total. The molecule has 0 atom stereocenters. The first-order valence-corrected chi connectivity index (χ1v) is 7.19. The third-order valence-corrected chi connectivity index (χ3v) is 3.27. The van der Waals surface area contributed by atoms with Crippen molar-refractivity contribution in [3.05, 3.63) is 58.1 Å². The summed E-state index contributed by atoms with van der Waals surface area (Å²) < 4.78 is 10.7. The third-order valence-electron chi connectivity index (χ3n) is 2.74. The highest BCUT2D eigenvalue weighted by molar-refractivity contribution is 6.35. The summed E-state index contributed by atoms with van der Waals surface area (Å²) in [6, 6.07) is 11.8. The van der Waals surface area contributed by atoms with Crippen molar-refractivity contribution in [1.82, 2.24) is 0 Å². The number of hydrogen-bond acceptors (Lipinski definition) is 3. The second-order valence-corrected chi connectivity index (χ2v) is 5.09. The molecule has 0 fully saturated rings. The summed E-state index contributed by atoms with van der Waals surface area (Å²) >= 11 is 11.8. The highest BCUT2D eigenvalue weighted by Crippen LogP contribution is 2.27. The number of ether oxygens (including phenoxy) is 2. The van der Waals surface area contributed by atoms with Crippen LogP contribution >= 0.6 is 23.2 Å². The van der Waals surface area contributed by atoms with Crippen LogP contribution in [-0.4, -0.2) is 19.0 Å². The summed E-state index contributed by atoms with van der Waals surface area (Å²) in [4.78, 5) is 12.0. The predicted molar refractivity (Wildman–Crippen MR) is 83.9 cm³/mol. The van der Waals surface area contributed by atoms with E-state index >= 15 is 0 Å². The molecule has 0 aliphatic heterocycles. The van der Waals surface area contributed by atoms with Crippen molar-refractivity contribution < 1.29 is 14.3 Å². The molecule has 0 radical (unpaired) electrons. The molecule has 0 spiro atoms. The molecule has 0 saturated heterocycles. The van der Waals surface area contributed by atoms with Crippen molar-refractivity contribution in [2.24, 2.45) is 0 Å². The Morgan fingerprint density at radius 3 is 2.38 bits per heavy atom. The van der Waals surface area contributed by atoms with Gasteiger partial charge in [0, 0.05) is 10.6 Å². The van der Waals surface area contributed by atoms with Crippen LogP contribution in [0.25, 0.3) is 0 Å². The molecule has 21 heavy (non-hydrogen) atoms. The molecule has 0 aliphatic rings. The van der Waals surface area contributed by atoms with Crippen molar-refractivity contribution in [3.8, 4) is 11.5 Å². The fraction of sp³-hybridized carbons (Fsp3) is 0.188. The number of halogens is 2. The van der Waals surface area contributed by atoms with E-state index in [2.05, 4.69) is 0 Å². The maximum absolute atomic E-state index is 12.0. The molecule has 0 amide bonds. The van der Waals surface area contributed by atoms with Gasteiger partial charge in [-0.2, -0.15) is 0 Å². The number of hydrogen-bond donors (Lipinski definition) is 0. The van der Waals surface area contributed by atoms with Crippen molar-refractivity contribution in [2.75, 3.05) is 13.2 Å². The van der Waals surface area contributed by atoms with Crippen molar-refractivity contribution in [3.63, 3.8) is 0 Å². The molecule has 0 aliphatic carbocycles. The topological polar surface area (TPSA) is 35.5 Å². The first-order chi connectivity index (χ1) is 10.1. The van der Waals surface area contributed by atoms with Crippen LogP contribution in [0.1, 0.15) is 17.3 Å². The monoisotopic (exact) mass is 324 g/mol. The lowest BCUT2D eigenvalue weighted by Crippen LogP contribution is -2.11. The standard InChI is InChI=1S/C16H14Cl2O3/c1-2-20-13-6-3-11(4-7-13)15(19)10-21-16-8-5-12(17)9-14(16)18/h3-9H,2,10H2,1H3. The van der Waals surface area contributed by atoms with Gasteiger partial charge in [-0.15, -0.1) is 0 Å². The SMILES string of the molecule is CCOc1ccc(C(=O)COc2ccc(Cl)cc2Cl)cc1. The van der Waals surface area contributed by atoms with Gasteiger partial charge in [0.2, 0.25) is 0 Å². The Balaban J connectivity index is 1.98. The zero-order valence-corrected chi connectivity index (χ0v) is 12.9. The van der Waals surface area contributed by atoms with Gasteiger partial charge in [-0.1, -0.05) is 23.2 Å². The number of ketones is 1. The van der Waals surface area contributed by atoms with E-state index in [1.165, 1.54) is 0 Å². The van der Waals surface area contributed by atoms with Gasteiger partial charge in [0.25, 0.3) is 0 Å². The summed E-state index contributed by atoms with van der Waals surface area (Å²) in [7, 11) is 0. The van der Waals surface area contributed by atoms with E-state index in [9.17, 15) is 4.79 Å². The Morgan fingerprint density at radius 1 is 1.05 bits per heavy atom. The Morgan fingerprint density at radius 2 is 1.76 bits per heavy atom. The highest BCUT2D eigenvalue weighted by Gasteiger charge is 2.09. The predicted octanol–water partition coefficient (Wildman–Crippen LogP) is 4.65. The van der Waals surface area contributed by atoms with Crippen LogP contribution in [0.5, 0.6) is 11.5 Å². The smallest absolute Gasteiger partial charge is 0.200 e. The van der Waals surface area contributed by atoms with Crippen molar-refractivity contribution in [2.45, 2.75) is 6.92 Å². The summed E-state index contributed by atoms with van der Waals surface area (Å²) in [5.41, 5.74) is 0.559. The first-order valence-electron chi connectivity index (χ1n) is 6.44. The van der Waals surface area contributed by atoms with Gasteiger partial charge in [0.15, 0.2) is 12.4 Å². The van der Waals surface area contributed by atoms with Crippen LogP contribution in [0.15, 0.2) is 42.5 Å². The van der Waals surface area contributed by atoms with Crippen LogP contribution in [-0.2, 0) is 0 Å². The van der Waals surface area contributed by atoms with E-state index in [0.717, 1.165) is 5.75 Å². The minimum absolute atomic E-state index is 0.0880. The fourth-order valence-corrected chi connectivity index (χ4v) is 2.19. The van der Waals surface area contributed by atoms with Gasteiger partial charge < -0.3 is 9.47 Å². The second kappa shape index (κ2) is 7.34. The molecule has 0 heterocycles. The number of carbonyl (C=O) groups excluding carboxylic acids is 1. The molecule has 110 valence electrons. The number of benzene rings is 2. The van der Waals surface area contributed by atoms with Crippen molar-refractivity contribution >= 4 is 29.0 Å². The van der Waals surface area contributed by atoms with Gasteiger partial charge in [0.1, 0.15) is 11.5 Å². The molecule has 3 nitrogen and oxygen atoms in total. The van der Waals surface area contributed by atoms with Crippen LogP contribution in [0, 0.1) is 0 Å². The normalized spacial score (nSPS) is 10.2. The maximum atomic E-state index is 12.0. The van der Waals surface area contributed by atoms with E-state index in [-0.39, 0.29) is 12.4 Å². The lowest BCUT2D eigenvalue weighted by atomic mass is 10.1. The van der Waals surface area contributed by atoms with Gasteiger partial charge in [0.05, 0.1) is 11.6 Å². The molecule has 2 aromatic rings. The van der Waals surface area contributed by atoms with Crippen LogP contribution in [0.2, 0.25) is 10.0 Å². The van der Waals surface area contributed by atoms with Crippen molar-refractivity contribution in [1.29, 1.82) is 0 Å². The van der Waals surface area contributed by atoms with E-state index < -0.39 is 0 Å². The number of Topliss-reactive ketones (excluding diaryl/α,β-unsaturated/α-hetero) is 1. The number of rotatable bonds is 6. The summed E-state index contributed by atoms with van der Waals surface area (Å²) in [5, 5.41) is 0.896. The number of carbonyl (C=O) groups is 1. The Hall–Kier alpha value is -1.71. The van der Waals surface area contributed by atoms with Gasteiger partial charge in [-0.3, -0.25) is 4.79 Å². The third kappa shape index (κ3) is 4.38. The molecule has 2 rings (SSSR count). The Labute approximate surface area is 133 Å². The minimum atomic E-state index is -0.135. The zero-order chi connectivity index (χ0) is 15.2. The summed E-state index contributed by atoms with van der Waals surface area (Å²) in [5.74, 6) is 1.03. The molecule has 2 aromatic carbocycles. The van der Waals surface area contributed by atoms with Crippen LogP contribution in [0.4, 0.5) is 0 Å². The van der Waals surface area contributed by atoms with E-state index in [0.29, 0.717) is 28.0 Å². The zero-order valence-electron chi connectivity index (χ0n) is 11.4. The fourth-order valence-electron chi connectivity index (χ4n) is 1.72. The van der Waals surface area contributed by atoms with E-state index in [1.54, 1.807) is 42.5 Å². The average Bonchev–Trinajstić information content (AvgIpc) is 2.47. The Kier molecular flexibility index (Phi) is 5.48. The van der Waals surface area contributed by atoms with Crippen LogP contribution < -0.4 is 9.47 Å². The first kappa shape index (κ1) is 15.7. The molecular weight excluding hydrogens is 311 g/mol. The van der Waals surface area contributed by atoms with E-state index in [1.807, 2.05) is 6.92 Å². The molecule has 0 unspecified atom stereocenters. The highest BCUT2D eigenvalue weighted by atomic mass is 35.5. The molecule has 5 heteroatoms. The maximum Gasteiger partial charge on any atom is 0.200 e. The lowest BCUT2D eigenvalue weighted by Gasteiger charge is -2.08. The van der Waals surface area contributed by atoms with E-state index in [4.69, 9.17) is 32.7 Å². The van der Waals surface area contributed by atoms with Gasteiger partial charge in [-0.25, -0.2) is 0 Å². The summed E-state index contributed by atoms with van der Waals surface area (Å²) in [6.07, 6.45) is 0. The van der Waals surface area contributed by atoms with Crippen LogP contribution in [0.3, 0.4) is 0 Å². The quantitative estimate of drug-likeness (QED) is 0.725. The molecule has 0 aromatic heterocycles. The molecular formula is C16H14Cl2O3. The largest absolute Gasteiger partial charge is 0.494 e. The summed E-state index contributed by atoms with van der Waals surface area (Å²) in [6.45, 7) is 2.41. The molecule has 0 bridgehead atoms. The minimum Gasteiger partial charge on any atom is -0.494 e. The van der Waals surface area contributed by atoms with Gasteiger partial charge in [-0.05, 0) is 49.4 Å². The molecule has 0 saturated carbocycles. The average molecular weight is 325 g/mol. The lowest BCUT2D eigenvalue weighted by molar-refractivity contribution is 0.0921. The van der Waals surface area contributed by atoms with Gasteiger partial charge >= 0.3 is 0 Å². The second-order valence-electron chi connectivity index (χ2n) is 4.24.